The van der Waals surface area contributed by atoms with Crippen LogP contribution in [-0.2, 0) is 11.0 Å². The van der Waals surface area contributed by atoms with Gasteiger partial charge in [-0.25, -0.2) is 0 Å². The predicted molar refractivity (Wildman–Crippen MR) is 76.6 cm³/mol. The number of ether oxygens (including phenoxy) is 1. The van der Waals surface area contributed by atoms with Crippen LogP contribution in [-0.4, -0.2) is 12.5 Å². The number of para-hydroxylation sites is 1. The van der Waals surface area contributed by atoms with Crippen LogP contribution in [0.15, 0.2) is 54.6 Å². The number of nitrogens with one attached hydrogen (secondary N) is 1. The topological polar surface area (TPSA) is 38.3 Å². The number of rotatable bonds is 5. The zero-order valence-corrected chi connectivity index (χ0v) is 11.6. The molecule has 0 saturated carbocycles. The molecule has 2 aromatic carbocycles. The van der Waals surface area contributed by atoms with Gasteiger partial charge in [-0.3, -0.25) is 4.79 Å². The van der Waals surface area contributed by atoms with Gasteiger partial charge in [-0.1, -0.05) is 18.2 Å². The van der Waals surface area contributed by atoms with E-state index in [-0.39, 0.29) is 18.9 Å². The molecule has 1 N–H and O–H groups in total. The molecule has 0 saturated heterocycles. The Morgan fingerprint density at radius 2 is 1.64 bits per heavy atom. The van der Waals surface area contributed by atoms with E-state index in [0.29, 0.717) is 11.4 Å². The first kappa shape index (κ1) is 15.9. The van der Waals surface area contributed by atoms with Gasteiger partial charge in [-0.15, -0.1) is 0 Å². The van der Waals surface area contributed by atoms with E-state index in [2.05, 4.69) is 5.32 Å². The van der Waals surface area contributed by atoms with Gasteiger partial charge >= 0.3 is 6.18 Å². The summed E-state index contributed by atoms with van der Waals surface area (Å²) in [5, 5.41) is 2.52. The molecule has 0 aliphatic heterocycles. The first-order chi connectivity index (χ1) is 10.4. The molecule has 3 nitrogen and oxygen atoms in total. The minimum absolute atomic E-state index is 0.107. The molecule has 22 heavy (non-hydrogen) atoms. The molecule has 0 fully saturated rings. The smallest absolute Gasteiger partial charge is 0.416 e. The number of carbonyl (C=O) groups excluding carboxylic acids is 1. The van der Waals surface area contributed by atoms with E-state index in [1.165, 1.54) is 12.1 Å². The lowest BCUT2D eigenvalue weighted by molar-refractivity contribution is -0.137. The van der Waals surface area contributed by atoms with Gasteiger partial charge in [-0.05, 0) is 36.4 Å². The summed E-state index contributed by atoms with van der Waals surface area (Å²) >= 11 is 0. The molecule has 116 valence electrons. The van der Waals surface area contributed by atoms with Crippen LogP contribution >= 0.6 is 0 Å². The summed E-state index contributed by atoms with van der Waals surface area (Å²) in [6.07, 6.45) is -4.28. The summed E-state index contributed by atoms with van der Waals surface area (Å²) in [6, 6.07) is 13.3. The Hall–Kier alpha value is -2.50. The molecular weight excluding hydrogens is 295 g/mol. The first-order valence-electron chi connectivity index (χ1n) is 6.60. The highest BCUT2D eigenvalue weighted by molar-refractivity contribution is 5.90. The van der Waals surface area contributed by atoms with E-state index in [1.54, 1.807) is 12.1 Å². The fourth-order valence-electron chi connectivity index (χ4n) is 1.74. The number of amides is 1. The first-order valence-corrected chi connectivity index (χ1v) is 6.60. The average Bonchev–Trinajstić information content (AvgIpc) is 2.48. The summed E-state index contributed by atoms with van der Waals surface area (Å²) in [7, 11) is 0. The highest BCUT2D eigenvalue weighted by atomic mass is 19.4. The average molecular weight is 309 g/mol. The van der Waals surface area contributed by atoms with Crippen LogP contribution in [0.1, 0.15) is 12.0 Å². The molecule has 6 heteroatoms. The Bertz CT molecular complexity index is 610. The van der Waals surface area contributed by atoms with Gasteiger partial charge in [-0.2, -0.15) is 13.2 Å². The Balaban J connectivity index is 1.79. The van der Waals surface area contributed by atoms with Gasteiger partial charge < -0.3 is 10.1 Å². The summed E-state index contributed by atoms with van der Waals surface area (Å²) in [6.45, 7) is 0.191. The van der Waals surface area contributed by atoms with Crippen molar-refractivity contribution in [1.29, 1.82) is 0 Å². The van der Waals surface area contributed by atoms with Gasteiger partial charge in [0.05, 0.1) is 18.6 Å². The Morgan fingerprint density at radius 3 is 2.23 bits per heavy atom. The van der Waals surface area contributed by atoms with Crippen molar-refractivity contribution in [3.05, 3.63) is 60.2 Å². The Morgan fingerprint density at radius 1 is 1.00 bits per heavy atom. The third kappa shape index (κ3) is 4.80. The number of halogens is 3. The van der Waals surface area contributed by atoms with E-state index >= 15 is 0 Å². The zero-order chi connectivity index (χ0) is 16.0. The lowest BCUT2D eigenvalue weighted by Crippen LogP contribution is -2.15. The third-order valence-corrected chi connectivity index (χ3v) is 2.84. The zero-order valence-electron chi connectivity index (χ0n) is 11.6. The quantitative estimate of drug-likeness (QED) is 0.902. The maximum Gasteiger partial charge on any atom is 0.416 e. The predicted octanol–water partition coefficient (Wildman–Crippen LogP) is 4.11. The van der Waals surface area contributed by atoms with E-state index in [0.717, 1.165) is 12.1 Å². The van der Waals surface area contributed by atoms with Crippen molar-refractivity contribution in [2.75, 3.05) is 11.9 Å². The maximum absolute atomic E-state index is 12.4. The number of anilines is 1. The van der Waals surface area contributed by atoms with Gasteiger partial charge in [0.25, 0.3) is 0 Å². The van der Waals surface area contributed by atoms with E-state index < -0.39 is 11.7 Å². The van der Waals surface area contributed by atoms with Crippen molar-refractivity contribution < 1.29 is 22.7 Å². The van der Waals surface area contributed by atoms with Crippen molar-refractivity contribution in [2.24, 2.45) is 0 Å². The van der Waals surface area contributed by atoms with Crippen LogP contribution in [0.2, 0.25) is 0 Å². The van der Waals surface area contributed by atoms with Crippen LogP contribution in [0.3, 0.4) is 0 Å². The minimum atomic E-state index is -4.38. The van der Waals surface area contributed by atoms with Crippen molar-refractivity contribution in [1.82, 2.24) is 0 Å². The van der Waals surface area contributed by atoms with Crippen molar-refractivity contribution in [3.63, 3.8) is 0 Å². The molecule has 2 aromatic rings. The lowest BCUT2D eigenvalue weighted by Gasteiger charge is -2.09. The number of benzene rings is 2. The molecule has 0 radical (unpaired) electrons. The summed E-state index contributed by atoms with van der Waals surface area (Å²) in [4.78, 5) is 11.7. The SMILES string of the molecule is O=C(CCOc1ccccc1)Nc1ccc(C(F)(F)F)cc1. The molecule has 0 aromatic heterocycles. The van der Waals surface area contributed by atoms with Crippen LogP contribution < -0.4 is 10.1 Å². The normalized spacial score (nSPS) is 11.0. The molecule has 0 spiro atoms. The molecule has 2 rings (SSSR count). The standard InChI is InChI=1S/C16H14F3NO2/c17-16(18,19)12-6-8-13(9-7-12)20-15(21)10-11-22-14-4-2-1-3-5-14/h1-9H,10-11H2,(H,20,21). The molecular formula is C16H14F3NO2. The third-order valence-electron chi connectivity index (χ3n) is 2.84. The number of carbonyl (C=O) groups is 1. The largest absolute Gasteiger partial charge is 0.493 e. The van der Waals surface area contributed by atoms with Gasteiger partial charge in [0.2, 0.25) is 5.91 Å². The van der Waals surface area contributed by atoms with Crippen LogP contribution in [0.4, 0.5) is 18.9 Å². The maximum atomic E-state index is 12.4. The van der Waals surface area contributed by atoms with Crippen molar-refractivity contribution >= 4 is 11.6 Å². The van der Waals surface area contributed by atoms with Gasteiger partial charge in [0.1, 0.15) is 5.75 Å². The lowest BCUT2D eigenvalue weighted by atomic mass is 10.2. The highest BCUT2D eigenvalue weighted by Gasteiger charge is 2.29. The fourth-order valence-corrected chi connectivity index (χ4v) is 1.74. The molecule has 0 unspecified atom stereocenters. The Labute approximate surface area is 125 Å². The Kier molecular flexibility index (Phi) is 5.04. The number of hydrogen-bond donors (Lipinski definition) is 1. The number of hydrogen-bond acceptors (Lipinski definition) is 2. The van der Waals surface area contributed by atoms with E-state index in [9.17, 15) is 18.0 Å². The van der Waals surface area contributed by atoms with Crippen molar-refractivity contribution in [3.8, 4) is 5.75 Å². The second-order valence-electron chi connectivity index (χ2n) is 4.53. The molecule has 0 bridgehead atoms. The number of alkyl halides is 3. The molecule has 1 amide bonds. The second-order valence-corrected chi connectivity index (χ2v) is 4.53. The molecule has 0 aliphatic rings. The fraction of sp³-hybridized carbons (Fsp3) is 0.188. The molecule has 0 heterocycles. The summed E-state index contributed by atoms with van der Waals surface area (Å²) in [5.41, 5.74) is -0.435. The monoisotopic (exact) mass is 309 g/mol. The highest BCUT2D eigenvalue weighted by Crippen LogP contribution is 2.29. The van der Waals surface area contributed by atoms with Crippen LogP contribution in [0, 0.1) is 0 Å². The second kappa shape index (κ2) is 6.98. The molecule has 0 aliphatic carbocycles. The van der Waals surface area contributed by atoms with Gasteiger partial charge in [0.15, 0.2) is 0 Å². The van der Waals surface area contributed by atoms with Crippen LogP contribution in [0.5, 0.6) is 5.75 Å². The summed E-state index contributed by atoms with van der Waals surface area (Å²) < 4.78 is 42.6. The summed E-state index contributed by atoms with van der Waals surface area (Å²) in [5.74, 6) is 0.334. The van der Waals surface area contributed by atoms with Crippen molar-refractivity contribution in [2.45, 2.75) is 12.6 Å². The van der Waals surface area contributed by atoms with Crippen LogP contribution in [0.25, 0.3) is 0 Å². The minimum Gasteiger partial charge on any atom is -0.493 e. The van der Waals surface area contributed by atoms with E-state index in [4.69, 9.17) is 4.74 Å². The van der Waals surface area contributed by atoms with E-state index in [1.807, 2.05) is 18.2 Å². The molecule has 0 atom stereocenters. The van der Waals surface area contributed by atoms with Gasteiger partial charge in [0, 0.05) is 5.69 Å².